The number of hydrogen-bond donors (Lipinski definition) is 0. The molecule has 10 heteroatoms. The Morgan fingerprint density at radius 3 is 2.47 bits per heavy atom. The summed E-state index contributed by atoms with van der Waals surface area (Å²) in [6.07, 6.45) is -3.64. The number of piperazine rings is 1. The highest BCUT2D eigenvalue weighted by atomic mass is 19.4. The number of methoxy groups -OCH3 is 1. The van der Waals surface area contributed by atoms with Gasteiger partial charge in [-0.1, -0.05) is 11.2 Å². The van der Waals surface area contributed by atoms with Crippen LogP contribution in [-0.2, 0) is 17.8 Å². The lowest BCUT2D eigenvalue weighted by molar-refractivity contribution is -0.153. The number of aromatic nitrogens is 1. The van der Waals surface area contributed by atoms with E-state index < -0.39 is 12.8 Å². The molecule has 0 bridgehead atoms. The van der Waals surface area contributed by atoms with E-state index in [1.54, 1.807) is 12.1 Å². The zero-order valence-corrected chi connectivity index (χ0v) is 18.5. The summed E-state index contributed by atoms with van der Waals surface area (Å²) in [5.41, 5.74) is 2.79. The zero-order chi connectivity index (χ0) is 23.3. The first-order chi connectivity index (χ1) is 15.2. The molecule has 0 radical (unpaired) electrons. The maximum atomic E-state index is 12.6. The van der Waals surface area contributed by atoms with Gasteiger partial charge in [0.1, 0.15) is 5.76 Å². The summed E-state index contributed by atoms with van der Waals surface area (Å²) in [6, 6.07) is 4.71. The van der Waals surface area contributed by atoms with Crippen molar-refractivity contribution >= 4 is 5.91 Å². The fourth-order valence-electron chi connectivity index (χ4n) is 3.66. The van der Waals surface area contributed by atoms with Crippen molar-refractivity contribution in [3.63, 3.8) is 0 Å². The van der Waals surface area contributed by atoms with Gasteiger partial charge in [0.25, 0.3) is 0 Å². The van der Waals surface area contributed by atoms with Crippen molar-refractivity contribution in [2.75, 3.05) is 39.9 Å². The predicted molar refractivity (Wildman–Crippen MR) is 111 cm³/mol. The normalized spacial score (nSPS) is 15.1. The highest BCUT2D eigenvalue weighted by Gasteiger charge is 2.29. The summed E-state index contributed by atoms with van der Waals surface area (Å²) in [7, 11) is 1.37. The van der Waals surface area contributed by atoms with E-state index in [0.29, 0.717) is 25.9 Å². The molecule has 1 aromatic heterocycles. The lowest BCUT2D eigenvalue weighted by Gasteiger charge is -2.34. The number of nitrogens with zero attached hydrogens (tertiary/aromatic N) is 3. The third-order valence-electron chi connectivity index (χ3n) is 5.53. The first kappa shape index (κ1) is 23.9. The molecular weight excluding hydrogens is 427 g/mol. The Hall–Kier alpha value is -2.75. The summed E-state index contributed by atoms with van der Waals surface area (Å²) in [5, 5.41) is 3.98. The van der Waals surface area contributed by atoms with Crippen LogP contribution in [0.1, 0.15) is 29.0 Å². The number of aryl methyl sites for hydroxylation is 3. The Morgan fingerprint density at radius 2 is 1.88 bits per heavy atom. The topological polar surface area (TPSA) is 68.0 Å². The summed E-state index contributed by atoms with van der Waals surface area (Å²) in [4.78, 5) is 16.8. The second kappa shape index (κ2) is 10.2. The van der Waals surface area contributed by atoms with Crippen LogP contribution in [0.15, 0.2) is 22.7 Å². The number of benzene rings is 1. The van der Waals surface area contributed by atoms with E-state index in [1.807, 2.05) is 18.7 Å². The van der Waals surface area contributed by atoms with Gasteiger partial charge < -0.3 is 18.9 Å². The van der Waals surface area contributed by atoms with Crippen LogP contribution in [0.25, 0.3) is 0 Å². The Balaban J connectivity index is 1.47. The first-order valence-electron chi connectivity index (χ1n) is 10.4. The SMILES string of the molecule is COc1cc(CCC(=O)N2CCN(Cc3c(C)noc3C)CC2)ccc1OCC(F)(F)F. The molecule has 2 aromatic rings. The summed E-state index contributed by atoms with van der Waals surface area (Å²) < 4.78 is 52.3. The molecule has 1 aliphatic heterocycles. The van der Waals surface area contributed by atoms with Crippen LogP contribution in [-0.4, -0.2) is 66.9 Å². The minimum atomic E-state index is -4.42. The fourth-order valence-corrected chi connectivity index (χ4v) is 3.66. The number of halogens is 3. The third kappa shape index (κ3) is 6.38. The van der Waals surface area contributed by atoms with E-state index in [1.165, 1.54) is 13.2 Å². The third-order valence-corrected chi connectivity index (χ3v) is 5.53. The van der Waals surface area contributed by atoms with E-state index in [-0.39, 0.29) is 17.4 Å². The summed E-state index contributed by atoms with van der Waals surface area (Å²) in [5.74, 6) is 1.12. The molecule has 0 saturated carbocycles. The molecule has 0 spiro atoms. The number of amides is 1. The molecule has 1 amide bonds. The van der Waals surface area contributed by atoms with Crippen molar-refractivity contribution in [3.05, 3.63) is 40.8 Å². The number of hydrogen-bond acceptors (Lipinski definition) is 6. The Bertz CT molecular complexity index is 902. The van der Waals surface area contributed by atoms with Gasteiger partial charge in [-0.05, 0) is 38.0 Å². The average molecular weight is 455 g/mol. The second-order valence-corrected chi connectivity index (χ2v) is 7.85. The molecule has 0 aliphatic carbocycles. The number of ether oxygens (including phenoxy) is 2. The van der Waals surface area contributed by atoms with E-state index >= 15 is 0 Å². The van der Waals surface area contributed by atoms with Gasteiger partial charge in [-0.2, -0.15) is 13.2 Å². The van der Waals surface area contributed by atoms with Gasteiger partial charge in [-0.3, -0.25) is 9.69 Å². The predicted octanol–water partition coefficient (Wildman–Crippen LogP) is 3.52. The van der Waals surface area contributed by atoms with Crippen LogP contribution in [0.5, 0.6) is 11.5 Å². The van der Waals surface area contributed by atoms with Crippen LogP contribution in [0.2, 0.25) is 0 Å². The number of carbonyl (C=O) groups is 1. The quantitative estimate of drug-likeness (QED) is 0.607. The lowest BCUT2D eigenvalue weighted by atomic mass is 10.1. The number of rotatable bonds is 8. The molecule has 3 rings (SSSR count). The van der Waals surface area contributed by atoms with Gasteiger partial charge in [0.2, 0.25) is 5.91 Å². The minimum absolute atomic E-state index is 0.0225. The van der Waals surface area contributed by atoms with Crippen molar-refractivity contribution in [2.45, 2.75) is 39.4 Å². The van der Waals surface area contributed by atoms with E-state index in [2.05, 4.69) is 10.1 Å². The molecule has 7 nitrogen and oxygen atoms in total. The van der Waals surface area contributed by atoms with E-state index in [9.17, 15) is 18.0 Å². The maximum absolute atomic E-state index is 12.6. The van der Waals surface area contributed by atoms with Crippen molar-refractivity contribution in [1.29, 1.82) is 0 Å². The first-order valence-corrected chi connectivity index (χ1v) is 10.4. The van der Waals surface area contributed by atoms with Crippen molar-refractivity contribution < 1.29 is 32.0 Å². The Morgan fingerprint density at radius 1 is 1.16 bits per heavy atom. The maximum Gasteiger partial charge on any atom is 0.422 e. The molecule has 0 N–H and O–H groups in total. The average Bonchev–Trinajstić information content (AvgIpc) is 3.08. The Kier molecular flexibility index (Phi) is 7.65. The highest BCUT2D eigenvalue weighted by Crippen LogP contribution is 2.30. The fraction of sp³-hybridized carbons (Fsp3) is 0.545. The van der Waals surface area contributed by atoms with Gasteiger partial charge in [-0.25, -0.2) is 0 Å². The molecule has 0 atom stereocenters. The van der Waals surface area contributed by atoms with Crippen molar-refractivity contribution in [1.82, 2.24) is 15.0 Å². The molecule has 176 valence electrons. The van der Waals surface area contributed by atoms with Gasteiger partial charge in [-0.15, -0.1) is 0 Å². The smallest absolute Gasteiger partial charge is 0.422 e. The molecule has 0 unspecified atom stereocenters. The van der Waals surface area contributed by atoms with Crippen LogP contribution in [0.4, 0.5) is 13.2 Å². The van der Waals surface area contributed by atoms with Gasteiger partial charge >= 0.3 is 6.18 Å². The lowest BCUT2D eigenvalue weighted by Crippen LogP contribution is -2.48. The summed E-state index contributed by atoms with van der Waals surface area (Å²) in [6.45, 7) is 6.04. The van der Waals surface area contributed by atoms with E-state index in [0.717, 1.165) is 42.2 Å². The molecule has 2 heterocycles. The molecule has 1 saturated heterocycles. The number of carbonyl (C=O) groups excluding carboxylic acids is 1. The standard InChI is InChI=1S/C22H28F3N3O4/c1-15-18(16(2)32-26-15)13-27-8-10-28(11-9-27)21(29)7-5-17-4-6-19(20(12-17)30-3)31-14-22(23,24)25/h4,6,12H,5,7-11,13-14H2,1-3H3. The van der Waals surface area contributed by atoms with Gasteiger partial charge in [0.05, 0.1) is 12.8 Å². The van der Waals surface area contributed by atoms with Crippen molar-refractivity contribution in [2.24, 2.45) is 0 Å². The van der Waals surface area contributed by atoms with Crippen LogP contribution < -0.4 is 9.47 Å². The monoisotopic (exact) mass is 455 g/mol. The van der Waals surface area contributed by atoms with Crippen molar-refractivity contribution in [3.8, 4) is 11.5 Å². The largest absolute Gasteiger partial charge is 0.493 e. The molecular formula is C22H28F3N3O4. The minimum Gasteiger partial charge on any atom is -0.493 e. The molecule has 1 aliphatic rings. The van der Waals surface area contributed by atoms with Gasteiger partial charge in [0.15, 0.2) is 18.1 Å². The molecule has 32 heavy (non-hydrogen) atoms. The highest BCUT2D eigenvalue weighted by molar-refractivity contribution is 5.76. The number of alkyl halides is 3. The molecule has 1 fully saturated rings. The van der Waals surface area contributed by atoms with Crippen LogP contribution in [0, 0.1) is 13.8 Å². The van der Waals surface area contributed by atoms with Gasteiger partial charge in [0, 0.05) is 44.7 Å². The summed E-state index contributed by atoms with van der Waals surface area (Å²) >= 11 is 0. The van der Waals surface area contributed by atoms with Crippen LogP contribution in [0.3, 0.4) is 0 Å². The molecule has 1 aromatic carbocycles. The Labute approximate surface area is 185 Å². The van der Waals surface area contributed by atoms with E-state index in [4.69, 9.17) is 14.0 Å². The van der Waals surface area contributed by atoms with Crippen LogP contribution >= 0.6 is 0 Å². The second-order valence-electron chi connectivity index (χ2n) is 7.85. The zero-order valence-electron chi connectivity index (χ0n) is 18.5.